The van der Waals surface area contributed by atoms with E-state index in [0.29, 0.717) is 0 Å². The first kappa shape index (κ1) is 33.4. The molecule has 272 valence electrons. The van der Waals surface area contributed by atoms with Gasteiger partial charge in [-0.1, -0.05) is 159 Å². The van der Waals surface area contributed by atoms with Gasteiger partial charge in [-0.15, -0.1) is 0 Å². The van der Waals surface area contributed by atoms with Crippen molar-refractivity contribution in [3.05, 3.63) is 226 Å². The van der Waals surface area contributed by atoms with E-state index in [9.17, 15) is 0 Å². The Morgan fingerprint density at radius 1 is 0.386 bits per heavy atom. The number of benzene rings is 8. The monoisotopic (exact) mass is 730 g/mol. The van der Waals surface area contributed by atoms with Crippen molar-refractivity contribution in [2.75, 3.05) is 9.80 Å². The van der Waals surface area contributed by atoms with Crippen molar-refractivity contribution in [2.24, 2.45) is 0 Å². The normalized spacial score (nSPS) is 14.4. The lowest BCUT2D eigenvalue weighted by Gasteiger charge is -2.34. The third-order valence-corrected chi connectivity index (χ3v) is 12.5. The minimum Gasteiger partial charge on any atom is -0.310 e. The van der Waals surface area contributed by atoms with Crippen molar-refractivity contribution in [1.29, 1.82) is 0 Å². The number of hydrogen-bond donors (Lipinski definition) is 0. The van der Waals surface area contributed by atoms with Gasteiger partial charge in [-0.2, -0.15) is 0 Å². The van der Waals surface area contributed by atoms with Gasteiger partial charge in [0.25, 0.3) is 0 Å². The van der Waals surface area contributed by atoms with Gasteiger partial charge in [0.15, 0.2) is 0 Å². The third kappa shape index (κ3) is 5.55. The summed E-state index contributed by atoms with van der Waals surface area (Å²) in [6.45, 7) is 4.76. The van der Waals surface area contributed by atoms with Crippen molar-refractivity contribution in [2.45, 2.75) is 32.1 Å². The van der Waals surface area contributed by atoms with Crippen LogP contribution in [0.25, 0.3) is 34.4 Å². The summed E-state index contributed by atoms with van der Waals surface area (Å²) in [5.41, 5.74) is 23.0. The summed E-state index contributed by atoms with van der Waals surface area (Å²) >= 11 is 0. The van der Waals surface area contributed by atoms with Crippen LogP contribution in [0.5, 0.6) is 0 Å². The lowest BCUT2D eigenvalue weighted by Crippen LogP contribution is -2.20. The highest BCUT2D eigenvalue weighted by atomic mass is 15.2. The van der Waals surface area contributed by atoms with E-state index in [4.69, 9.17) is 0 Å². The minimum atomic E-state index is -0.131. The molecule has 2 aliphatic heterocycles. The summed E-state index contributed by atoms with van der Waals surface area (Å²) in [6, 6.07) is 67.2. The summed E-state index contributed by atoms with van der Waals surface area (Å²) in [5, 5.41) is 0. The topological polar surface area (TPSA) is 6.48 Å². The van der Waals surface area contributed by atoms with Gasteiger partial charge >= 0.3 is 0 Å². The van der Waals surface area contributed by atoms with Crippen LogP contribution in [0.3, 0.4) is 0 Å². The Hall–Kier alpha value is -6.90. The molecular formula is C55H42N2. The van der Waals surface area contributed by atoms with Crippen molar-refractivity contribution >= 4 is 46.3 Å². The number of anilines is 6. The van der Waals surface area contributed by atoms with Crippen molar-refractivity contribution in [3.8, 4) is 22.3 Å². The molecule has 0 saturated heterocycles. The molecule has 0 aromatic heterocycles. The lowest BCUT2D eigenvalue weighted by atomic mass is 9.81. The molecule has 11 rings (SSSR count). The quantitative estimate of drug-likeness (QED) is 0.163. The van der Waals surface area contributed by atoms with E-state index in [1.807, 2.05) is 0 Å². The zero-order valence-electron chi connectivity index (χ0n) is 32.3. The molecule has 1 aliphatic carbocycles. The average Bonchev–Trinajstić information content (AvgIpc) is 3.48. The van der Waals surface area contributed by atoms with Crippen molar-refractivity contribution in [1.82, 2.24) is 0 Å². The van der Waals surface area contributed by atoms with Gasteiger partial charge in [-0.3, -0.25) is 0 Å². The fourth-order valence-electron chi connectivity index (χ4n) is 9.53. The smallest absolute Gasteiger partial charge is 0.0497 e. The van der Waals surface area contributed by atoms with Gasteiger partial charge in [0.05, 0.1) is 0 Å². The number of para-hydroxylation sites is 4. The standard InChI is InChI=1S/C55H42N2/c1-55(2)49-32-38(26-30-47(49)48-31-29-46(36-50(48)55)57-53-20-9-5-14-43(53)34-44-15-6-10-21-54(44)57)23-22-37-24-27-39(28-25-37)40-16-11-17-45(35-40)56-51-18-7-3-12-41(51)33-42-13-4-8-19-52(42)56/h3-32,35-36H,33-34H2,1-2H3/b23-22+. The predicted octanol–water partition coefficient (Wildman–Crippen LogP) is 14.6. The SMILES string of the molecule is CC1(C)c2cc(/C=C/c3ccc(-c4cccc(N5c6ccccc6Cc6ccccc65)c4)cc3)ccc2-c2ccc(N3c4ccccc4Cc4ccccc43)cc21. The number of fused-ring (bicyclic) bond motifs is 7. The van der Waals surface area contributed by atoms with E-state index in [-0.39, 0.29) is 5.41 Å². The van der Waals surface area contributed by atoms with Gasteiger partial charge < -0.3 is 9.80 Å². The molecule has 0 atom stereocenters. The third-order valence-electron chi connectivity index (χ3n) is 12.5. The summed E-state index contributed by atoms with van der Waals surface area (Å²) in [7, 11) is 0. The Bertz CT molecular complexity index is 2800. The predicted molar refractivity (Wildman–Crippen MR) is 240 cm³/mol. The van der Waals surface area contributed by atoms with Gasteiger partial charge in [-0.25, -0.2) is 0 Å². The number of nitrogens with zero attached hydrogens (tertiary/aromatic N) is 2. The Kier molecular flexibility index (Phi) is 7.69. The Labute approximate surface area is 335 Å². The molecule has 57 heavy (non-hydrogen) atoms. The molecule has 3 aliphatic rings. The molecule has 2 nitrogen and oxygen atoms in total. The first-order valence-corrected chi connectivity index (χ1v) is 20.1. The summed E-state index contributed by atoms with van der Waals surface area (Å²) in [5.74, 6) is 0. The van der Waals surface area contributed by atoms with Gasteiger partial charge in [-0.05, 0) is 115 Å². The highest BCUT2D eigenvalue weighted by Crippen LogP contribution is 2.52. The van der Waals surface area contributed by atoms with Crippen LogP contribution in [-0.4, -0.2) is 0 Å². The minimum absolute atomic E-state index is 0.131. The van der Waals surface area contributed by atoms with Crippen LogP contribution in [0, 0.1) is 0 Å². The molecule has 0 saturated carbocycles. The zero-order chi connectivity index (χ0) is 38.1. The largest absolute Gasteiger partial charge is 0.310 e. The second-order valence-electron chi connectivity index (χ2n) is 16.2. The van der Waals surface area contributed by atoms with Crippen molar-refractivity contribution < 1.29 is 0 Å². The second-order valence-corrected chi connectivity index (χ2v) is 16.2. The highest BCUT2D eigenvalue weighted by molar-refractivity contribution is 5.89. The molecule has 2 heterocycles. The molecule has 8 aromatic carbocycles. The Balaban J connectivity index is 0.858. The summed E-state index contributed by atoms with van der Waals surface area (Å²) < 4.78 is 0. The van der Waals surface area contributed by atoms with E-state index < -0.39 is 0 Å². The van der Waals surface area contributed by atoms with Crippen LogP contribution in [0.2, 0.25) is 0 Å². The van der Waals surface area contributed by atoms with Crippen LogP contribution in [0.15, 0.2) is 182 Å². The van der Waals surface area contributed by atoms with E-state index in [1.165, 1.54) is 101 Å². The first-order chi connectivity index (χ1) is 28.0. The summed E-state index contributed by atoms with van der Waals surface area (Å²) in [4.78, 5) is 4.87. The maximum Gasteiger partial charge on any atom is 0.0497 e. The second kappa shape index (κ2) is 13.1. The Morgan fingerprint density at radius 2 is 0.842 bits per heavy atom. The average molecular weight is 731 g/mol. The van der Waals surface area contributed by atoms with Crippen LogP contribution in [0.1, 0.15) is 58.4 Å². The van der Waals surface area contributed by atoms with E-state index in [1.54, 1.807) is 0 Å². The molecule has 0 unspecified atom stereocenters. The first-order valence-electron chi connectivity index (χ1n) is 20.1. The maximum absolute atomic E-state index is 2.45. The molecule has 0 amide bonds. The van der Waals surface area contributed by atoms with E-state index in [2.05, 4.69) is 218 Å². The summed E-state index contributed by atoms with van der Waals surface area (Å²) in [6.07, 6.45) is 6.42. The van der Waals surface area contributed by atoms with Crippen LogP contribution in [-0.2, 0) is 18.3 Å². The fraction of sp³-hybridized carbons (Fsp3) is 0.0909. The lowest BCUT2D eigenvalue weighted by molar-refractivity contribution is 0.660. The molecule has 0 spiro atoms. The van der Waals surface area contributed by atoms with Gasteiger partial charge in [0, 0.05) is 52.4 Å². The van der Waals surface area contributed by atoms with Crippen LogP contribution >= 0.6 is 0 Å². The Morgan fingerprint density at radius 3 is 1.40 bits per heavy atom. The van der Waals surface area contributed by atoms with E-state index >= 15 is 0 Å². The van der Waals surface area contributed by atoms with Gasteiger partial charge in [0.1, 0.15) is 0 Å². The van der Waals surface area contributed by atoms with Crippen LogP contribution in [0.4, 0.5) is 34.1 Å². The number of hydrogen-bond acceptors (Lipinski definition) is 2. The molecule has 0 fully saturated rings. The molecule has 2 heteroatoms. The van der Waals surface area contributed by atoms with Crippen LogP contribution < -0.4 is 9.80 Å². The molecule has 0 N–H and O–H groups in total. The molecule has 8 aromatic rings. The molecule has 0 radical (unpaired) electrons. The van der Waals surface area contributed by atoms with Crippen molar-refractivity contribution in [3.63, 3.8) is 0 Å². The van der Waals surface area contributed by atoms with E-state index in [0.717, 1.165) is 12.8 Å². The number of rotatable bonds is 5. The maximum atomic E-state index is 2.45. The molecular weight excluding hydrogens is 689 g/mol. The highest BCUT2D eigenvalue weighted by Gasteiger charge is 2.36. The fourth-order valence-corrected chi connectivity index (χ4v) is 9.53. The zero-order valence-corrected chi connectivity index (χ0v) is 32.3. The van der Waals surface area contributed by atoms with Gasteiger partial charge in [0.2, 0.25) is 0 Å². The molecule has 0 bridgehead atoms.